The highest BCUT2D eigenvalue weighted by molar-refractivity contribution is 7.92. The van der Waals surface area contributed by atoms with E-state index in [-0.39, 0.29) is 18.9 Å². The van der Waals surface area contributed by atoms with Gasteiger partial charge in [0.2, 0.25) is 0 Å². The number of hydrogen-bond donors (Lipinski definition) is 2. The van der Waals surface area contributed by atoms with Crippen molar-refractivity contribution in [1.29, 1.82) is 0 Å². The standard InChI is InChI=1S/C22H26N2O5S/c1-4-15-5-7-16(8-6-15)17-9-10-19-18(13-17)14-24(20(19)25)12-11-22(2,21(26)23-27)30(3,28)29/h5-10,13,27H,4,11-12,14H2,1-3H3,(H,23,26)/t22-/m1/s1. The number of aryl methyl sites for hydroxylation is 1. The molecule has 2 aromatic rings. The van der Waals surface area contributed by atoms with Crippen LogP contribution in [0.5, 0.6) is 0 Å². The Morgan fingerprint density at radius 2 is 1.80 bits per heavy atom. The molecule has 0 saturated heterocycles. The highest BCUT2D eigenvalue weighted by Crippen LogP contribution is 2.30. The maximum Gasteiger partial charge on any atom is 0.264 e. The maximum absolute atomic E-state index is 12.8. The molecule has 30 heavy (non-hydrogen) atoms. The predicted molar refractivity (Wildman–Crippen MR) is 114 cm³/mol. The minimum absolute atomic E-state index is 0.0744. The predicted octanol–water partition coefficient (Wildman–Crippen LogP) is 2.57. The molecule has 8 heteroatoms. The van der Waals surface area contributed by atoms with E-state index in [1.807, 2.05) is 12.1 Å². The molecule has 0 radical (unpaired) electrons. The zero-order chi connectivity index (χ0) is 22.1. The second-order valence-corrected chi connectivity index (χ2v) is 10.3. The molecule has 0 aromatic heterocycles. The van der Waals surface area contributed by atoms with E-state index in [9.17, 15) is 18.0 Å². The van der Waals surface area contributed by atoms with Crippen molar-refractivity contribution < 1.29 is 23.2 Å². The molecule has 0 saturated carbocycles. The lowest BCUT2D eigenvalue weighted by Crippen LogP contribution is -2.50. The van der Waals surface area contributed by atoms with Gasteiger partial charge in [-0.15, -0.1) is 0 Å². The zero-order valence-electron chi connectivity index (χ0n) is 17.3. The fourth-order valence-electron chi connectivity index (χ4n) is 3.61. The zero-order valence-corrected chi connectivity index (χ0v) is 18.1. The Morgan fingerprint density at radius 3 is 2.37 bits per heavy atom. The van der Waals surface area contributed by atoms with E-state index in [2.05, 4.69) is 31.2 Å². The first kappa shape index (κ1) is 22.0. The molecule has 160 valence electrons. The second kappa shape index (κ2) is 8.20. The number of amides is 2. The first-order chi connectivity index (χ1) is 14.1. The van der Waals surface area contributed by atoms with Crippen LogP contribution in [-0.4, -0.2) is 47.9 Å². The van der Waals surface area contributed by atoms with Gasteiger partial charge in [-0.05, 0) is 54.2 Å². The highest BCUT2D eigenvalue weighted by atomic mass is 32.2. The van der Waals surface area contributed by atoms with Crippen LogP contribution >= 0.6 is 0 Å². The molecule has 2 aromatic carbocycles. The lowest BCUT2D eigenvalue weighted by molar-refractivity contribution is -0.131. The van der Waals surface area contributed by atoms with E-state index in [1.165, 1.54) is 22.9 Å². The van der Waals surface area contributed by atoms with Gasteiger partial charge in [0.25, 0.3) is 11.8 Å². The maximum atomic E-state index is 12.8. The van der Waals surface area contributed by atoms with Crippen LogP contribution in [-0.2, 0) is 27.6 Å². The summed E-state index contributed by atoms with van der Waals surface area (Å²) < 4.78 is 22.4. The van der Waals surface area contributed by atoms with Crippen molar-refractivity contribution in [1.82, 2.24) is 10.4 Å². The van der Waals surface area contributed by atoms with Gasteiger partial charge in [0, 0.05) is 24.9 Å². The van der Waals surface area contributed by atoms with Crippen molar-refractivity contribution in [3.8, 4) is 11.1 Å². The molecule has 0 aliphatic carbocycles. The molecule has 1 atom stereocenters. The lowest BCUT2D eigenvalue weighted by atomic mass is 9.99. The van der Waals surface area contributed by atoms with Crippen molar-refractivity contribution in [3.05, 3.63) is 59.2 Å². The van der Waals surface area contributed by atoms with E-state index in [0.29, 0.717) is 12.1 Å². The van der Waals surface area contributed by atoms with E-state index in [1.54, 1.807) is 6.07 Å². The summed E-state index contributed by atoms with van der Waals surface area (Å²) >= 11 is 0. The van der Waals surface area contributed by atoms with Gasteiger partial charge < -0.3 is 4.90 Å². The van der Waals surface area contributed by atoms with Crippen LogP contribution in [0.3, 0.4) is 0 Å². The average molecular weight is 431 g/mol. The van der Waals surface area contributed by atoms with Gasteiger partial charge >= 0.3 is 0 Å². The first-order valence-corrected chi connectivity index (χ1v) is 11.7. The summed E-state index contributed by atoms with van der Waals surface area (Å²) in [5.74, 6) is -1.20. The van der Waals surface area contributed by atoms with E-state index in [4.69, 9.17) is 5.21 Å². The number of hydroxylamine groups is 1. The van der Waals surface area contributed by atoms with Gasteiger partial charge in [0.05, 0.1) is 0 Å². The molecule has 2 N–H and O–H groups in total. The summed E-state index contributed by atoms with van der Waals surface area (Å²) in [6.45, 7) is 3.77. The molecule has 0 bridgehead atoms. The van der Waals surface area contributed by atoms with Crippen LogP contribution in [0.4, 0.5) is 0 Å². The minimum atomic E-state index is -3.81. The molecule has 0 unspecified atom stereocenters. The van der Waals surface area contributed by atoms with Gasteiger partial charge in [0.1, 0.15) is 0 Å². The first-order valence-electron chi connectivity index (χ1n) is 9.76. The van der Waals surface area contributed by atoms with E-state index >= 15 is 0 Å². The van der Waals surface area contributed by atoms with Crippen molar-refractivity contribution in [3.63, 3.8) is 0 Å². The second-order valence-electron chi connectivity index (χ2n) is 7.84. The van der Waals surface area contributed by atoms with Crippen LogP contribution in [0.2, 0.25) is 0 Å². The Bertz CT molecular complexity index is 1080. The fraction of sp³-hybridized carbons (Fsp3) is 0.364. The molecule has 0 spiro atoms. The molecule has 3 rings (SSSR count). The molecule has 7 nitrogen and oxygen atoms in total. The van der Waals surface area contributed by atoms with Crippen LogP contribution in [0.15, 0.2) is 42.5 Å². The number of carbonyl (C=O) groups excluding carboxylic acids is 2. The van der Waals surface area contributed by atoms with Gasteiger partial charge in [0.15, 0.2) is 14.6 Å². The summed E-state index contributed by atoms with van der Waals surface area (Å²) in [7, 11) is -3.81. The van der Waals surface area contributed by atoms with Crippen LogP contribution in [0, 0.1) is 0 Å². The summed E-state index contributed by atoms with van der Waals surface area (Å²) in [5.41, 5.74) is 6.19. The Morgan fingerprint density at radius 1 is 1.17 bits per heavy atom. The number of sulfone groups is 1. The summed E-state index contributed by atoms with van der Waals surface area (Å²) in [6, 6.07) is 13.9. The third kappa shape index (κ3) is 3.97. The molecule has 0 fully saturated rings. The quantitative estimate of drug-likeness (QED) is 0.519. The molecular weight excluding hydrogens is 404 g/mol. The SMILES string of the molecule is CCc1ccc(-c2ccc3c(c2)CN(CC[C@](C)(C(=O)NO)S(C)(=O)=O)C3=O)cc1. The van der Waals surface area contributed by atoms with Crippen molar-refractivity contribution >= 4 is 21.7 Å². The third-order valence-electron chi connectivity index (χ3n) is 5.94. The molecule has 2 amide bonds. The number of fused-ring (bicyclic) bond motifs is 1. The monoisotopic (exact) mass is 430 g/mol. The van der Waals surface area contributed by atoms with E-state index < -0.39 is 20.5 Å². The number of rotatable bonds is 7. The van der Waals surface area contributed by atoms with Gasteiger partial charge in [-0.25, -0.2) is 13.9 Å². The number of hydrogen-bond acceptors (Lipinski definition) is 5. The largest absolute Gasteiger partial charge is 0.334 e. The molecule has 1 heterocycles. The third-order valence-corrected chi connectivity index (χ3v) is 7.96. The topological polar surface area (TPSA) is 104 Å². The molecule has 1 aliphatic rings. The molecular formula is C22H26N2O5S. The summed E-state index contributed by atoms with van der Waals surface area (Å²) in [4.78, 5) is 26.3. The van der Waals surface area contributed by atoms with Gasteiger partial charge in [-0.2, -0.15) is 0 Å². The van der Waals surface area contributed by atoms with Crippen molar-refractivity contribution in [2.45, 2.75) is 38.0 Å². The normalized spacial score (nSPS) is 15.6. The molecule has 1 aliphatic heterocycles. The average Bonchev–Trinajstić information content (AvgIpc) is 3.05. The van der Waals surface area contributed by atoms with Crippen LogP contribution in [0.1, 0.15) is 41.8 Å². The Kier molecular flexibility index (Phi) is 6.01. The summed E-state index contributed by atoms with van der Waals surface area (Å²) in [6.07, 6.45) is 1.79. The fourth-order valence-corrected chi connectivity index (χ4v) is 4.45. The summed E-state index contributed by atoms with van der Waals surface area (Å²) in [5, 5.41) is 8.95. The van der Waals surface area contributed by atoms with Crippen LogP contribution < -0.4 is 5.48 Å². The van der Waals surface area contributed by atoms with Gasteiger partial charge in [-0.1, -0.05) is 37.3 Å². The number of carbonyl (C=O) groups is 2. The van der Waals surface area contributed by atoms with Crippen LogP contribution in [0.25, 0.3) is 11.1 Å². The number of benzene rings is 2. The smallest absolute Gasteiger partial charge is 0.264 e. The number of nitrogens with zero attached hydrogens (tertiary/aromatic N) is 1. The van der Waals surface area contributed by atoms with Crippen molar-refractivity contribution in [2.24, 2.45) is 0 Å². The minimum Gasteiger partial charge on any atom is -0.334 e. The van der Waals surface area contributed by atoms with Crippen molar-refractivity contribution in [2.75, 3.05) is 12.8 Å². The number of nitrogens with one attached hydrogen (secondary N) is 1. The Hall–Kier alpha value is -2.71. The Balaban J connectivity index is 1.79. The van der Waals surface area contributed by atoms with E-state index in [0.717, 1.165) is 29.4 Å². The Labute approximate surface area is 176 Å². The lowest BCUT2D eigenvalue weighted by Gasteiger charge is -2.27. The van der Waals surface area contributed by atoms with Gasteiger partial charge in [-0.3, -0.25) is 14.8 Å². The highest BCUT2D eigenvalue weighted by Gasteiger charge is 2.44.